The van der Waals surface area contributed by atoms with Crippen LogP contribution in [-0.4, -0.2) is 17.5 Å². The molecule has 0 bridgehead atoms. The number of benzene rings is 1. The minimum Gasteiger partial charge on any atom is -0.481 e. The molecule has 1 atom stereocenters. The number of halogens is 1. The van der Waals surface area contributed by atoms with Gasteiger partial charge in [-0.25, -0.2) is 0 Å². The summed E-state index contributed by atoms with van der Waals surface area (Å²) in [5.41, 5.74) is 1.60. The van der Waals surface area contributed by atoms with Crippen LogP contribution in [-0.2, 0) is 4.79 Å². The van der Waals surface area contributed by atoms with Crippen molar-refractivity contribution in [3.63, 3.8) is 0 Å². The number of nitrogens with one attached hydrogen (secondary N) is 1. The quantitative estimate of drug-likeness (QED) is 0.736. The third-order valence-electron chi connectivity index (χ3n) is 3.96. The fourth-order valence-electron chi connectivity index (χ4n) is 2.81. The fourth-order valence-corrected chi connectivity index (χ4v) is 3.03. The minimum atomic E-state index is -0.218. The first kappa shape index (κ1) is 17.3. The topological polar surface area (TPSA) is 64.4 Å². The SMILES string of the molecule is Cc1cc(C(C)NC(=O)COc2ccc(Cl)c3cccnc23)c(C)o1. The maximum Gasteiger partial charge on any atom is 0.258 e. The molecule has 1 unspecified atom stereocenters. The molecule has 0 aliphatic heterocycles. The molecule has 5 nitrogen and oxygen atoms in total. The van der Waals surface area contributed by atoms with Gasteiger partial charge in [-0.2, -0.15) is 0 Å². The van der Waals surface area contributed by atoms with E-state index in [9.17, 15) is 4.79 Å². The standard InChI is InChI=1S/C19H19ClN2O3/c1-11-9-15(13(3)25-11)12(2)22-18(23)10-24-17-7-6-16(20)14-5-4-8-21-19(14)17/h4-9,12H,10H2,1-3H3,(H,22,23). The molecule has 1 aromatic carbocycles. The zero-order valence-electron chi connectivity index (χ0n) is 14.3. The van der Waals surface area contributed by atoms with Crippen molar-refractivity contribution < 1.29 is 13.9 Å². The molecule has 25 heavy (non-hydrogen) atoms. The lowest BCUT2D eigenvalue weighted by Crippen LogP contribution is -2.31. The van der Waals surface area contributed by atoms with Crippen LogP contribution in [0.1, 0.15) is 30.0 Å². The van der Waals surface area contributed by atoms with Crippen molar-refractivity contribution >= 4 is 28.4 Å². The van der Waals surface area contributed by atoms with Gasteiger partial charge in [0.05, 0.1) is 11.1 Å². The average Bonchev–Trinajstić information content (AvgIpc) is 2.93. The van der Waals surface area contributed by atoms with Gasteiger partial charge >= 0.3 is 0 Å². The first-order chi connectivity index (χ1) is 12.0. The summed E-state index contributed by atoms with van der Waals surface area (Å²) in [4.78, 5) is 16.5. The summed E-state index contributed by atoms with van der Waals surface area (Å²) in [5, 5.41) is 4.30. The highest BCUT2D eigenvalue weighted by Crippen LogP contribution is 2.29. The smallest absolute Gasteiger partial charge is 0.258 e. The van der Waals surface area contributed by atoms with Gasteiger partial charge in [-0.05, 0) is 51.1 Å². The maximum atomic E-state index is 12.2. The van der Waals surface area contributed by atoms with Crippen molar-refractivity contribution in [2.75, 3.05) is 6.61 Å². The fraction of sp³-hybridized carbons (Fsp3) is 0.263. The number of aromatic nitrogens is 1. The predicted molar refractivity (Wildman–Crippen MR) is 97.0 cm³/mol. The summed E-state index contributed by atoms with van der Waals surface area (Å²) in [5.74, 6) is 1.94. The Kier molecular flexibility index (Phi) is 4.95. The van der Waals surface area contributed by atoms with Crippen molar-refractivity contribution in [1.82, 2.24) is 10.3 Å². The van der Waals surface area contributed by atoms with Crippen LogP contribution in [0.5, 0.6) is 5.75 Å². The Morgan fingerprint density at radius 2 is 2.16 bits per heavy atom. The van der Waals surface area contributed by atoms with Crippen molar-refractivity contribution in [3.05, 3.63) is 58.6 Å². The largest absolute Gasteiger partial charge is 0.481 e. The molecule has 6 heteroatoms. The van der Waals surface area contributed by atoms with Gasteiger partial charge in [0.1, 0.15) is 22.8 Å². The number of fused-ring (bicyclic) bond motifs is 1. The number of carbonyl (C=O) groups is 1. The molecule has 0 aliphatic rings. The molecule has 0 saturated carbocycles. The van der Waals surface area contributed by atoms with Gasteiger partial charge in [0.2, 0.25) is 0 Å². The number of pyridine rings is 1. The van der Waals surface area contributed by atoms with Crippen LogP contribution in [0.15, 0.2) is 40.9 Å². The highest BCUT2D eigenvalue weighted by Gasteiger charge is 2.16. The predicted octanol–water partition coefficient (Wildman–Crippen LogP) is 4.35. The summed E-state index contributed by atoms with van der Waals surface area (Å²) in [7, 11) is 0. The molecule has 0 spiro atoms. The Hall–Kier alpha value is -2.53. The molecule has 0 saturated heterocycles. The van der Waals surface area contributed by atoms with Crippen LogP contribution in [0.25, 0.3) is 10.9 Å². The third kappa shape index (κ3) is 3.77. The van der Waals surface area contributed by atoms with E-state index in [4.69, 9.17) is 20.8 Å². The molecule has 0 radical (unpaired) electrons. The van der Waals surface area contributed by atoms with E-state index in [0.29, 0.717) is 16.3 Å². The number of aryl methyl sites for hydroxylation is 2. The van der Waals surface area contributed by atoms with Crippen LogP contribution in [0.3, 0.4) is 0 Å². The van der Waals surface area contributed by atoms with Gasteiger partial charge in [0.25, 0.3) is 5.91 Å². The molecule has 1 amide bonds. The molecule has 3 rings (SSSR count). The summed E-state index contributed by atoms with van der Waals surface area (Å²) >= 11 is 6.16. The molecule has 2 heterocycles. The van der Waals surface area contributed by atoms with Gasteiger partial charge < -0.3 is 14.5 Å². The van der Waals surface area contributed by atoms with Crippen LogP contribution in [0, 0.1) is 13.8 Å². The second-order valence-electron chi connectivity index (χ2n) is 5.89. The van der Waals surface area contributed by atoms with Gasteiger partial charge in [0.15, 0.2) is 6.61 Å². The van der Waals surface area contributed by atoms with E-state index in [-0.39, 0.29) is 18.6 Å². The van der Waals surface area contributed by atoms with E-state index < -0.39 is 0 Å². The Morgan fingerprint density at radius 3 is 2.88 bits per heavy atom. The lowest BCUT2D eigenvalue weighted by atomic mass is 10.1. The van der Waals surface area contributed by atoms with E-state index in [1.54, 1.807) is 18.3 Å². The summed E-state index contributed by atoms with van der Waals surface area (Å²) in [6.45, 7) is 5.57. The van der Waals surface area contributed by atoms with Crippen LogP contribution in [0.4, 0.5) is 0 Å². The number of hydrogen-bond donors (Lipinski definition) is 1. The molecular weight excluding hydrogens is 340 g/mol. The molecule has 0 aliphatic carbocycles. The second kappa shape index (κ2) is 7.15. The van der Waals surface area contributed by atoms with Crippen molar-refractivity contribution in [2.45, 2.75) is 26.8 Å². The summed E-state index contributed by atoms with van der Waals surface area (Å²) in [6.07, 6.45) is 1.66. The lowest BCUT2D eigenvalue weighted by molar-refractivity contribution is -0.123. The number of rotatable bonds is 5. The number of furan rings is 1. The monoisotopic (exact) mass is 358 g/mol. The van der Waals surface area contributed by atoms with Gasteiger partial charge in [-0.1, -0.05) is 11.6 Å². The Bertz CT molecular complexity index is 920. The van der Waals surface area contributed by atoms with E-state index in [1.807, 2.05) is 39.0 Å². The number of amides is 1. The van der Waals surface area contributed by atoms with Gasteiger partial charge in [-0.15, -0.1) is 0 Å². The summed E-state index contributed by atoms with van der Waals surface area (Å²) < 4.78 is 11.2. The molecule has 2 aromatic heterocycles. The van der Waals surface area contributed by atoms with Crippen LogP contribution in [0.2, 0.25) is 5.02 Å². The van der Waals surface area contributed by atoms with Crippen molar-refractivity contribution in [2.24, 2.45) is 0 Å². The normalized spacial score (nSPS) is 12.2. The molecule has 3 aromatic rings. The first-order valence-electron chi connectivity index (χ1n) is 7.98. The van der Waals surface area contributed by atoms with E-state index >= 15 is 0 Å². The first-order valence-corrected chi connectivity index (χ1v) is 8.36. The Labute approximate surface area is 151 Å². The van der Waals surface area contributed by atoms with E-state index in [2.05, 4.69) is 10.3 Å². The van der Waals surface area contributed by atoms with E-state index in [1.165, 1.54) is 0 Å². The maximum absolute atomic E-state index is 12.2. The number of ether oxygens (including phenoxy) is 1. The van der Waals surface area contributed by atoms with Gasteiger partial charge in [-0.3, -0.25) is 9.78 Å². The lowest BCUT2D eigenvalue weighted by Gasteiger charge is -2.14. The Balaban J connectivity index is 1.67. The van der Waals surface area contributed by atoms with Crippen molar-refractivity contribution in [3.8, 4) is 5.75 Å². The number of hydrogen-bond acceptors (Lipinski definition) is 4. The highest BCUT2D eigenvalue weighted by atomic mass is 35.5. The van der Waals surface area contributed by atoms with Gasteiger partial charge in [0, 0.05) is 17.1 Å². The van der Waals surface area contributed by atoms with Crippen LogP contribution >= 0.6 is 11.6 Å². The van der Waals surface area contributed by atoms with Crippen molar-refractivity contribution in [1.29, 1.82) is 0 Å². The zero-order valence-corrected chi connectivity index (χ0v) is 15.1. The average molecular weight is 359 g/mol. The molecule has 1 N–H and O–H groups in total. The summed E-state index contributed by atoms with van der Waals surface area (Å²) in [6, 6.07) is 8.90. The highest BCUT2D eigenvalue weighted by molar-refractivity contribution is 6.35. The van der Waals surface area contributed by atoms with Crippen LogP contribution < -0.4 is 10.1 Å². The Morgan fingerprint density at radius 1 is 1.36 bits per heavy atom. The molecule has 130 valence electrons. The second-order valence-corrected chi connectivity index (χ2v) is 6.30. The number of nitrogens with zero attached hydrogens (tertiary/aromatic N) is 1. The third-order valence-corrected chi connectivity index (χ3v) is 4.29. The van der Waals surface area contributed by atoms with E-state index in [0.717, 1.165) is 22.5 Å². The molecule has 0 fully saturated rings. The zero-order chi connectivity index (χ0) is 18.0. The minimum absolute atomic E-state index is 0.104. The molecular formula is C19H19ClN2O3. The number of carbonyl (C=O) groups excluding carboxylic acids is 1.